The number of hydrogen-bond acceptors (Lipinski definition) is 23. The van der Waals surface area contributed by atoms with E-state index in [1.807, 2.05) is 0 Å². The lowest BCUT2D eigenvalue weighted by Gasteiger charge is -2.49. The molecule has 102 heavy (non-hydrogen) atoms. The second kappa shape index (κ2) is 56.9. The SMILES string of the molecule is CCCCCC/C=C\CCCCCCCCCC(=O)OCC1OC(OC2C(O)C(O)C(O)C(OC3OC(CO)C(O)C(O)C3O)C2OP(=O)(O)OCC(COC(=O)CCCCCCCCC(C)CCCCCCCC)OC(=O)CCCCCCCCC(C)CCCCCCCC)C(O)C(O)C1O. The van der Waals surface area contributed by atoms with Crippen molar-refractivity contribution < 1.29 is 117 Å². The van der Waals surface area contributed by atoms with Gasteiger partial charge in [-0.3, -0.25) is 23.4 Å². The van der Waals surface area contributed by atoms with Crippen molar-refractivity contribution in [2.24, 2.45) is 11.8 Å². The Kier molecular flexibility index (Phi) is 52.4. The van der Waals surface area contributed by atoms with Gasteiger partial charge in [-0.05, 0) is 56.8 Å². The average molecular weight is 1480 g/mol. The Bertz CT molecular complexity index is 2180. The first kappa shape index (κ1) is 93.9. The van der Waals surface area contributed by atoms with E-state index in [0.29, 0.717) is 31.1 Å². The van der Waals surface area contributed by atoms with Gasteiger partial charge in [0.15, 0.2) is 18.7 Å². The van der Waals surface area contributed by atoms with Crippen LogP contribution in [0, 0.1) is 11.8 Å². The lowest BCUT2D eigenvalue weighted by Crippen LogP contribution is -2.69. The van der Waals surface area contributed by atoms with Crippen molar-refractivity contribution in [2.45, 2.75) is 421 Å². The molecule has 1 saturated carbocycles. The lowest BCUT2D eigenvalue weighted by atomic mass is 9.84. The van der Waals surface area contributed by atoms with Crippen molar-refractivity contribution in [1.29, 1.82) is 0 Å². The number of rotatable bonds is 62. The molecule has 1 aliphatic carbocycles. The third-order valence-electron chi connectivity index (χ3n) is 20.3. The summed E-state index contributed by atoms with van der Waals surface area (Å²) < 4.78 is 65.3. The third-order valence-corrected chi connectivity index (χ3v) is 21.3. The minimum Gasteiger partial charge on any atom is -0.463 e. The molecule has 24 nitrogen and oxygen atoms in total. The van der Waals surface area contributed by atoms with Crippen LogP contribution < -0.4 is 0 Å². The van der Waals surface area contributed by atoms with Gasteiger partial charge < -0.3 is 89.1 Å². The molecule has 3 aliphatic rings. The molecule has 600 valence electrons. The summed E-state index contributed by atoms with van der Waals surface area (Å²) in [4.78, 5) is 51.2. The van der Waals surface area contributed by atoms with Crippen LogP contribution in [0.2, 0.25) is 0 Å². The molecule has 0 spiro atoms. The molecule has 25 heteroatoms. The number of aliphatic hydroxyl groups excluding tert-OH is 10. The van der Waals surface area contributed by atoms with Crippen molar-refractivity contribution in [2.75, 3.05) is 26.4 Å². The van der Waals surface area contributed by atoms with Gasteiger partial charge in [0, 0.05) is 19.3 Å². The zero-order chi connectivity index (χ0) is 74.9. The van der Waals surface area contributed by atoms with E-state index in [-0.39, 0.29) is 19.3 Å². The maximum atomic E-state index is 14.4. The van der Waals surface area contributed by atoms with Crippen LogP contribution in [0.5, 0.6) is 0 Å². The van der Waals surface area contributed by atoms with Gasteiger partial charge in [0.2, 0.25) is 0 Å². The highest BCUT2D eigenvalue weighted by Gasteiger charge is 2.58. The van der Waals surface area contributed by atoms with Crippen LogP contribution >= 0.6 is 7.82 Å². The molecule has 0 aromatic heterocycles. The summed E-state index contributed by atoms with van der Waals surface area (Å²) in [7, 11) is -5.70. The Morgan fingerprint density at radius 3 is 1.17 bits per heavy atom. The molecule has 0 aromatic carbocycles. The number of phosphoric acid groups is 1. The minimum absolute atomic E-state index is 0.0240. The molecule has 0 aromatic rings. The van der Waals surface area contributed by atoms with E-state index in [2.05, 4.69) is 46.8 Å². The number of hydrogen-bond donors (Lipinski definition) is 11. The Balaban J connectivity index is 1.73. The normalized spacial score (nSPS) is 27.7. The van der Waals surface area contributed by atoms with E-state index in [1.165, 1.54) is 128 Å². The number of aliphatic hydroxyl groups is 10. The van der Waals surface area contributed by atoms with Gasteiger partial charge in [-0.2, -0.15) is 0 Å². The summed E-state index contributed by atoms with van der Waals surface area (Å²) in [6.07, 6.45) is 14.0. The number of carbonyl (C=O) groups is 3. The van der Waals surface area contributed by atoms with E-state index < -0.39 is 156 Å². The van der Waals surface area contributed by atoms with E-state index in [0.717, 1.165) is 116 Å². The predicted octanol–water partition coefficient (Wildman–Crippen LogP) is 12.0. The van der Waals surface area contributed by atoms with Crippen molar-refractivity contribution in [3.63, 3.8) is 0 Å². The maximum absolute atomic E-state index is 14.4. The molecule has 0 amide bonds. The average Bonchev–Trinajstić information content (AvgIpc) is 0.760. The molecule has 20 unspecified atom stereocenters. The summed E-state index contributed by atoms with van der Waals surface area (Å²) in [5.74, 6) is -0.609. The zero-order valence-corrected chi connectivity index (χ0v) is 64.1. The van der Waals surface area contributed by atoms with Crippen LogP contribution in [0.3, 0.4) is 0 Å². The summed E-state index contributed by atoms with van der Waals surface area (Å²) in [5, 5.41) is 110. The molecular formula is C77H143O24P. The highest BCUT2D eigenvalue weighted by molar-refractivity contribution is 7.47. The number of allylic oxidation sites excluding steroid dienone is 2. The largest absolute Gasteiger partial charge is 0.472 e. The topological polar surface area (TPSA) is 374 Å². The third kappa shape index (κ3) is 39.7. The van der Waals surface area contributed by atoms with Crippen LogP contribution in [-0.2, 0) is 61.2 Å². The van der Waals surface area contributed by atoms with E-state index in [4.69, 9.17) is 42.2 Å². The molecule has 20 atom stereocenters. The molecule has 0 radical (unpaired) electrons. The molecule has 3 fully saturated rings. The molecule has 2 heterocycles. The van der Waals surface area contributed by atoms with E-state index >= 15 is 0 Å². The van der Waals surface area contributed by atoms with Crippen molar-refractivity contribution >= 4 is 25.7 Å². The fourth-order valence-electron chi connectivity index (χ4n) is 13.6. The first-order valence-electron chi connectivity index (χ1n) is 40.3. The van der Waals surface area contributed by atoms with E-state index in [9.17, 15) is 74.9 Å². The molecule has 3 rings (SSSR count). The summed E-state index contributed by atoms with van der Waals surface area (Å²) >= 11 is 0. The van der Waals surface area contributed by atoms with Gasteiger partial charge >= 0.3 is 25.7 Å². The van der Waals surface area contributed by atoms with E-state index in [1.54, 1.807) is 0 Å². The van der Waals surface area contributed by atoms with Crippen molar-refractivity contribution in [3.8, 4) is 0 Å². The first-order chi connectivity index (χ1) is 49.1. The smallest absolute Gasteiger partial charge is 0.463 e. The zero-order valence-electron chi connectivity index (χ0n) is 63.2. The Morgan fingerprint density at radius 2 is 0.745 bits per heavy atom. The molecule has 11 N–H and O–H groups in total. The second-order valence-corrected chi connectivity index (χ2v) is 31.1. The first-order valence-corrected chi connectivity index (χ1v) is 41.8. The maximum Gasteiger partial charge on any atom is 0.472 e. The van der Waals surface area contributed by atoms with Crippen LogP contribution in [0.1, 0.15) is 317 Å². The highest BCUT2D eigenvalue weighted by Crippen LogP contribution is 2.49. The molecule has 0 bridgehead atoms. The summed E-state index contributed by atoms with van der Waals surface area (Å²) in [6.45, 7) is 8.11. The van der Waals surface area contributed by atoms with Gasteiger partial charge in [0.25, 0.3) is 0 Å². The number of unbranched alkanes of at least 4 members (excludes halogenated alkanes) is 31. The predicted molar refractivity (Wildman–Crippen MR) is 388 cm³/mol. The van der Waals surface area contributed by atoms with Gasteiger partial charge in [-0.25, -0.2) is 4.57 Å². The van der Waals surface area contributed by atoms with Crippen LogP contribution in [-0.4, -0.2) is 204 Å². The Morgan fingerprint density at radius 1 is 0.402 bits per heavy atom. The fraction of sp³-hybridized carbons (Fsp3) is 0.935. The van der Waals surface area contributed by atoms with Gasteiger partial charge in [-0.15, -0.1) is 0 Å². The molecule has 2 saturated heterocycles. The fourth-order valence-corrected chi connectivity index (χ4v) is 14.6. The van der Waals surface area contributed by atoms with Crippen molar-refractivity contribution in [3.05, 3.63) is 12.2 Å². The number of carbonyl (C=O) groups excluding carboxylic acids is 3. The number of esters is 3. The lowest BCUT2D eigenvalue weighted by molar-refractivity contribution is -0.360. The van der Waals surface area contributed by atoms with Gasteiger partial charge in [0.1, 0.15) is 98.7 Å². The standard InChI is InChI=1S/C77H143O24P/c1-6-9-12-15-18-19-20-21-22-23-24-25-26-35-43-50-62(80)94-55-60-65(83)67(85)72(90)77(98-60)100-74-70(88)68(86)69(87)73(99-76-71(89)66(84)64(82)59(52-78)97-76)75(74)101-102(91,92)95-54-58(96-63(81)51-44-37-30-28-34-41-48-57(5)46-39-32-17-14-11-8-3)53-93-61(79)49-42-36-29-27-33-40-47-56(4)45-38-31-16-13-10-7-2/h19-20,56-60,64-78,82-90H,6-18,21-55H2,1-5H3,(H,91,92)/b20-19-. The number of ether oxygens (including phenoxy) is 7. The molecule has 2 aliphatic heterocycles. The van der Waals surface area contributed by atoms with Crippen molar-refractivity contribution in [1.82, 2.24) is 0 Å². The quantitative estimate of drug-likeness (QED) is 0.00886. The summed E-state index contributed by atoms with van der Waals surface area (Å²) in [5.41, 5.74) is 0. The Labute approximate surface area is 612 Å². The van der Waals surface area contributed by atoms with Gasteiger partial charge in [0.05, 0.1) is 13.2 Å². The molecular weight excluding hydrogens is 1340 g/mol. The minimum atomic E-state index is -5.70. The van der Waals surface area contributed by atoms with Crippen LogP contribution in [0.15, 0.2) is 12.2 Å². The summed E-state index contributed by atoms with van der Waals surface area (Å²) in [6, 6.07) is 0. The number of phosphoric ester groups is 1. The monoisotopic (exact) mass is 1480 g/mol. The highest BCUT2D eigenvalue weighted by atomic mass is 31.2. The van der Waals surface area contributed by atoms with Crippen LogP contribution in [0.4, 0.5) is 0 Å². The van der Waals surface area contributed by atoms with Gasteiger partial charge in [-0.1, -0.05) is 265 Å². The second-order valence-electron chi connectivity index (χ2n) is 29.7. The Hall–Kier alpha value is -2.30. The van der Waals surface area contributed by atoms with Crippen LogP contribution in [0.25, 0.3) is 0 Å².